The Kier molecular flexibility index (Phi) is 3.90. The highest BCUT2D eigenvalue weighted by molar-refractivity contribution is 5.52. The lowest BCUT2D eigenvalue weighted by Crippen LogP contribution is -2.02. The number of ether oxygens (including phenoxy) is 1. The summed E-state index contributed by atoms with van der Waals surface area (Å²) in [5.41, 5.74) is 2.29. The van der Waals surface area contributed by atoms with Crippen molar-refractivity contribution in [1.82, 2.24) is 0 Å². The van der Waals surface area contributed by atoms with E-state index in [4.69, 9.17) is 4.74 Å². The summed E-state index contributed by atoms with van der Waals surface area (Å²) in [4.78, 5) is 0. The molecule has 0 radical (unpaired) electrons. The van der Waals surface area contributed by atoms with Crippen molar-refractivity contribution in [3.05, 3.63) is 53.3 Å². The van der Waals surface area contributed by atoms with Crippen molar-refractivity contribution in [2.75, 3.05) is 12.4 Å². The number of nitrogens with one attached hydrogen (secondary N) is 1. The molecule has 0 atom stereocenters. The summed E-state index contributed by atoms with van der Waals surface area (Å²) < 4.78 is 18.4. The third kappa shape index (κ3) is 2.96. The number of rotatable bonds is 4. The highest BCUT2D eigenvalue weighted by Gasteiger charge is 2.05. The number of halogens is 1. The number of methoxy groups -OCH3 is 1. The van der Waals surface area contributed by atoms with Crippen LogP contribution in [0.1, 0.15) is 11.1 Å². The molecule has 0 heterocycles. The van der Waals surface area contributed by atoms with Crippen molar-refractivity contribution >= 4 is 5.69 Å². The van der Waals surface area contributed by atoms with Gasteiger partial charge in [-0.15, -0.1) is 0 Å². The number of aromatic hydroxyl groups is 1. The predicted octanol–water partition coefficient (Wildman–Crippen LogP) is 3.46. The second-order valence-corrected chi connectivity index (χ2v) is 4.27. The van der Waals surface area contributed by atoms with Crippen LogP contribution < -0.4 is 10.1 Å². The van der Waals surface area contributed by atoms with Gasteiger partial charge >= 0.3 is 0 Å². The predicted molar refractivity (Wildman–Crippen MR) is 73.1 cm³/mol. The van der Waals surface area contributed by atoms with Crippen LogP contribution in [0, 0.1) is 12.7 Å². The molecule has 19 heavy (non-hydrogen) atoms. The van der Waals surface area contributed by atoms with Crippen LogP contribution in [0.3, 0.4) is 0 Å². The van der Waals surface area contributed by atoms with E-state index in [0.717, 1.165) is 11.3 Å². The minimum absolute atomic E-state index is 0.105. The van der Waals surface area contributed by atoms with E-state index >= 15 is 0 Å². The lowest BCUT2D eigenvalue weighted by atomic mass is 10.1. The van der Waals surface area contributed by atoms with Gasteiger partial charge in [-0.25, -0.2) is 4.39 Å². The summed E-state index contributed by atoms with van der Waals surface area (Å²) in [5.74, 6) is 0.303. The van der Waals surface area contributed by atoms with Gasteiger partial charge in [-0.3, -0.25) is 0 Å². The van der Waals surface area contributed by atoms with E-state index < -0.39 is 0 Å². The molecule has 0 amide bonds. The number of phenols is 1. The first-order valence-electron chi connectivity index (χ1n) is 5.96. The molecule has 0 aliphatic heterocycles. The Morgan fingerprint density at radius 1 is 1.26 bits per heavy atom. The van der Waals surface area contributed by atoms with Crippen LogP contribution in [-0.2, 0) is 6.54 Å². The van der Waals surface area contributed by atoms with E-state index in [-0.39, 0.29) is 11.6 Å². The minimum atomic E-state index is -0.228. The van der Waals surface area contributed by atoms with Gasteiger partial charge in [0.1, 0.15) is 5.82 Å². The fraction of sp³-hybridized carbons (Fsp3) is 0.200. The lowest BCUT2D eigenvalue weighted by Gasteiger charge is -2.11. The number of hydrogen-bond donors (Lipinski definition) is 2. The van der Waals surface area contributed by atoms with Gasteiger partial charge in [0.05, 0.1) is 7.11 Å². The van der Waals surface area contributed by atoms with Crippen LogP contribution in [0.25, 0.3) is 0 Å². The van der Waals surface area contributed by atoms with Gasteiger partial charge < -0.3 is 15.2 Å². The van der Waals surface area contributed by atoms with Crippen molar-refractivity contribution in [2.24, 2.45) is 0 Å². The zero-order valence-electron chi connectivity index (χ0n) is 10.9. The Morgan fingerprint density at radius 3 is 2.79 bits per heavy atom. The summed E-state index contributed by atoms with van der Waals surface area (Å²) in [6.45, 7) is 2.26. The number of phenolic OH excluding ortho intramolecular Hbond substituents is 1. The second kappa shape index (κ2) is 5.61. The highest BCUT2D eigenvalue weighted by Crippen LogP contribution is 2.27. The zero-order valence-corrected chi connectivity index (χ0v) is 10.9. The van der Waals surface area contributed by atoms with Gasteiger partial charge in [-0.2, -0.15) is 0 Å². The Balaban J connectivity index is 2.12. The van der Waals surface area contributed by atoms with E-state index in [2.05, 4.69) is 5.32 Å². The monoisotopic (exact) mass is 261 g/mol. The topological polar surface area (TPSA) is 41.5 Å². The Bertz CT molecular complexity index is 584. The van der Waals surface area contributed by atoms with Crippen LogP contribution >= 0.6 is 0 Å². The molecule has 4 heteroatoms. The third-order valence-corrected chi connectivity index (χ3v) is 2.99. The van der Waals surface area contributed by atoms with Crippen molar-refractivity contribution < 1.29 is 14.2 Å². The average Bonchev–Trinajstić information content (AvgIpc) is 2.42. The quantitative estimate of drug-likeness (QED) is 0.885. The molecule has 0 bridgehead atoms. The summed E-state index contributed by atoms with van der Waals surface area (Å²) in [6.07, 6.45) is 0. The Hall–Kier alpha value is -2.23. The van der Waals surface area contributed by atoms with Gasteiger partial charge in [0.2, 0.25) is 0 Å². The van der Waals surface area contributed by atoms with Gasteiger partial charge in [-0.1, -0.05) is 12.1 Å². The number of benzene rings is 2. The molecule has 100 valence electrons. The molecular formula is C15H16FNO2. The van der Waals surface area contributed by atoms with Crippen molar-refractivity contribution in [2.45, 2.75) is 13.5 Å². The molecule has 0 saturated carbocycles. The molecule has 0 spiro atoms. The van der Waals surface area contributed by atoms with Crippen molar-refractivity contribution in [3.8, 4) is 11.5 Å². The maximum absolute atomic E-state index is 13.4. The highest BCUT2D eigenvalue weighted by atomic mass is 19.1. The average molecular weight is 261 g/mol. The summed E-state index contributed by atoms with van der Waals surface area (Å²) >= 11 is 0. The molecule has 0 saturated heterocycles. The third-order valence-electron chi connectivity index (χ3n) is 2.99. The fourth-order valence-corrected chi connectivity index (χ4v) is 1.83. The molecule has 0 fully saturated rings. The van der Waals surface area contributed by atoms with E-state index in [1.807, 2.05) is 6.07 Å². The molecule has 0 aliphatic rings. The van der Waals surface area contributed by atoms with Crippen molar-refractivity contribution in [3.63, 3.8) is 0 Å². The second-order valence-electron chi connectivity index (χ2n) is 4.27. The summed E-state index contributed by atoms with van der Waals surface area (Å²) in [6, 6.07) is 10.0. The lowest BCUT2D eigenvalue weighted by molar-refractivity contribution is 0.373. The van der Waals surface area contributed by atoms with Crippen molar-refractivity contribution in [1.29, 1.82) is 0 Å². The van der Waals surface area contributed by atoms with Crippen LogP contribution in [0.4, 0.5) is 10.1 Å². The van der Waals surface area contributed by atoms with Gasteiger partial charge in [-0.05, 0) is 36.8 Å². The molecule has 0 aromatic heterocycles. The number of anilines is 1. The van der Waals surface area contributed by atoms with Crippen LogP contribution in [0.15, 0.2) is 36.4 Å². The standard InChI is InChI=1S/C15H16FNO2/c1-10-12(16)4-3-5-13(10)17-9-11-6-7-14(18)15(8-11)19-2/h3-8,17-18H,9H2,1-2H3. The summed E-state index contributed by atoms with van der Waals surface area (Å²) in [7, 11) is 1.50. The largest absolute Gasteiger partial charge is 0.504 e. The maximum atomic E-state index is 13.4. The number of hydrogen-bond acceptors (Lipinski definition) is 3. The first-order chi connectivity index (χ1) is 9.11. The first-order valence-corrected chi connectivity index (χ1v) is 5.96. The SMILES string of the molecule is COc1cc(CNc2cccc(F)c2C)ccc1O. The van der Waals surface area contributed by atoms with Gasteiger partial charge in [0.25, 0.3) is 0 Å². The molecular weight excluding hydrogens is 245 g/mol. The van der Waals surface area contributed by atoms with Crippen LogP contribution in [-0.4, -0.2) is 12.2 Å². The van der Waals surface area contributed by atoms with Gasteiger partial charge in [0.15, 0.2) is 11.5 Å². The normalized spacial score (nSPS) is 10.3. The first kappa shape index (κ1) is 13.2. The Labute approximate surface area is 111 Å². The van der Waals surface area contributed by atoms with E-state index in [1.54, 1.807) is 31.2 Å². The van der Waals surface area contributed by atoms with Crippen LogP contribution in [0.5, 0.6) is 11.5 Å². The molecule has 2 aromatic carbocycles. The van der Waals surface area contributed by atoms with E-state index in [1.165, 1.54) is 13.2 Å². The Morgan fingerprint density at radius 2 is 2.05 bits per heavy atom. The van der Waals surface area contributed by atoms with Crippen LogP contribution in [0.2, 0.25) is 0 Å². The molecule has 0 aliphatic carbocycles. The molecule has 2 aromatic rings. The smallest absolute Gasteiger partial charge is 0.160 e. The molecule has 2 rings (SSSR count). The zero-order chi connectivity index (χ0) is 13.8. The van der Waals surface area contributed by atoms with E-state index in [9.17, 15) is 9.50 Å². The fourth-order valence-electron chi connectivity index (χ4n) is 1.83. The maximum Gasteiger partial charge on any atom is 0.160 e. The minimum Gasteiger partial charge on any atom is -0.504 e. The molecule has 0 unspecified atom stereocenters. The summed E-state index contributed by atoms with van der Waals surface area (Å²) in [5, 5.41) is 12.7. The molecule has 2 N–H and O–H groups in total. The van der Waals surface area contributed by atoms with E-state index in [0.29, 0.717) is 17.9 Å². The van der Waals surface area contributed by atoms with Gasteiger partial charge in [0, 0.05) is 17.8 Å². The molecule has 3 nitrogen and oxygen atoms in total.